The highest BCUT2D eigenvalue weighted by atomic mass is 16.5. The van der Waals surface area contributed by atoms with Gasteiger partial charge in [-0.2, -0.15) is 0 Å². The van der Waals surface area contributed by atoms with E-state index in [0.29, 0.717) is 6.42 Å². The van der Waals surface area contributed by atoms with Crippen LogP contribution in [0.15, 0.2) is 36.5 Å². The molecule has 1 atom stereocenters. The lowest BCUT2D eigenvalue weighted by molar-refractivity contribution is -0.150. The number of hydrogen-bond donors (Lipinski definition) is 1. The molecule has 0 aromatic heterocycles. The van der Waals surface area contributed by atoms with E-state index in [2.05, 4.69) is 50.3 Å². The van der Waals surface area contributed by atoms with Gasteiger partial charge in [0.15, 0.2) is 0 Å². The van der Waals surface area contributed by atoms with Crippen LogP contribution in [0.1, 0.15) is 194 Å². The molecule has 0 aromatic rings. The Hall–Kier alpha value is -1.84. The van der Waals surface area contributed by atoms with Crippen LogP contribution >= 0.6 is 0 Å². The monoisotopic (exact) mass is 603 g/mol. The van der Waals surface area contributed by atoms with Gasteiger partial charge in [0.05, 0.1) is 0 Å². The largest absolute Gasteiger partial charge is 0.481 e. The molecule has 0 spiro atoms. The second-order valence-corrected chi connectivity index (χ2v) is 12.4. The zero-order valence-corrected chi connectivity index (χ0v) is 28.5. The third kappa shape index (κ3) is 34.5. The first kappa shape index (κ1) is 41.2. The minimum absolute atomic E-state index is 0.0248. The molecule has 0 aliphatic carbocycles. The lowest BCUT2D eigenvalue weighted by atomic mass is 10.0. The molecule has 1 unspecified atom stereocenters. The highest BCUT2D eigenvalue weighted by molar-refractivity contribution is 5.69. The van der Waals surface area contributed by atoms with Crippen molar-refractivity contribution in [3.8, 4) is 0 Å². The minimum Gasteiger partial charge on any atom is -0.481 e. The molecule has 0 aliphatic heterocycles. The Morgan fingerprint density at radius 2 is 0.977 bits per heavy atom. The fourth-order valence-corrected chi connectivity index (χ4v) is 5.43. The third-order valence-corrected chi connectivity index (χ3v) is 8.13. The summed E-state index contributed by atoms with van der Waals surface area (Å²) in [6.07, 6.45) is 44.4. The fourth-order valence-electron chi connectivity index (χ4n) is 5.43. The van der Waals surface area contributed by atoms with Gasteiger partial charge in [-0.15, -0.1) is 0 Å². The molecule has 4 heteroatoms. The number of esters is 1. The lowest BCUT2D eigenvalue weighted by Gasteiger charge is -2.18. The molecule has 0 bridgehead atoms. The summed E-state index contributed by atoms with van der Waals surface area (Å²) in [6, 6.07) is 0. The van der Waals surface area contributed by atoms with Crippen molar-refractivity contribution in [2.45, 2.75) is 200 Å². The average molecular weight is 603 g/mol. The molecule has 1 N–H and O–H groups in total. The maximum Gasteiger partial charge on any atom is 0.306 e. The minimum atomic E-state index is -0.704. The molecule has 0 aromatic carbocycles. The first-order valence-corrected chi connectivity index (χ1v) is 18.5. The van der Waals surface area contributed by atoms with Gasteiger partial charge in [-0.25, -0.2) is 0 Å². The van der Waals surface area contributed by atoms with E-state index in [1.165, 1.54) is 70.6 Å². The van der Waals surface area contributed by atoms with Gasteiger partial charge >= 0.3 is 11.9 Å². The summed E-state index contributed by atoms with van der Waals surface area (Å²) in [5, 5.41) is 8.80. The topological polar surface area (TPSA) is 63.6 Å². The SMILES string of the molecule is CC/C=C\C/C=C\C/C=C\CCCCCC(=O)OC(CCCCCCCCCCCCCC)CCCCCCCC(=O)O. The normalized spacial score (nSPS) is 12.6. The number of carbonyl (C=O) groups is 2. The van der Waals surface area contributed by atoms with Gasteiger partial charge in [0, 0.05) is 12.8 Å². The Bertz CT molecular complexity index is 693. The zero-order valence-electron chi connectivity index (χ0n) is 28.5. The van der Waals surface area contributed by atoms with Crippen LogP contribution in [0.2, 0.25) is 0 Å². The van der Waals surface area contributed by atoms with Crippen molar-refractivity contribution >= 4 is 11.9 Å². The highest BCUT2D eigenvalue weighted by Crippen LogP contribution is 2.19. The summed E-state index contributed by atoms with van der Waals surface area (Å²) in [6.45, 7) is 4.43. The number of hydrogen-bond acceptors (Lipinski definition) is 3. The summed E-state index contributed by atoms with van der Waals surface area (Å²) in [4.78, 5) is 23.3. The summed E-state index contributed by atoms with van der Waals surface area (Å²) < 4.78 is 5.97. The maximum absolute atomic E-state index is 12.6. The van der Waals surface area contributed by atoms with Crippen LogP contribution in [-0.2, 0) is 14.3 Å². The van der Waals surface area contributed by atoms with E-state index in [0.717, 1.165) is 96.3 Å². The summed E-state index contributed by atoms with van der Waals surface area (Å²) in [5.74, 6) is -0.729. The van der Waals surface area contributed by atoms with E-state index in [-0.39, 0.29) is 18.5 Å². The maximum atomic E-state index is 12.6. The molecule has 0 saturated heterocycles. The van der Waals surface area contributed by atoms with E-state index < -0.39 is 5.97 Å². The number of carboxylic acids is 1. The van der Waals surface area contributed by atoms with E-state index in [1.807, 2.05) is 0 Å². The van der Waals surface area contributed by atoms with Gasteiger partial charge in [-0.05, 0) is 70.6 Å². The fraction of sp³-hybridized carbons (Fsp3) is 0.795. The van der Waals surface area contributed by atoms with Crippen molar-refractivity contribution < 1.29 is 19.4 Å². The van der Waals surface area contributed by atoms with Crippen molar-refractivity contribution in [3.63, 3.8) is 0 Å². The highest BCUT2D eigenvalue weighted by Gasteiger charge is 2.14. The number of ether oxygens (including phenoxy) is 1. The molecule has 43 heavy (non-hydrogen) atoms. The van der Waals surface area contributed by atoms with Crippen LogP contribution in [0.3, 0.4) is 0 Å². The van der Waals surface area contributed by atoms with Gasteiger partial charge in [-0.1, -0.05) is 147 Å². The van der Waals surface area contributed by atoms with Crippen molar-refractivity contribution in [1.29, 1.82) is 0 Å². The number of rotatable bonds is 33. The number of carboxylic acid groups (broad SMARTS) is 1. The molecular formula is C39H70O4. The Morgan fingerprint density at radius 3 is 1.51 bits per heavy atom. The average Bonchev–Trinajstić information content (AvgIpc) is 2.99. The number of allylic oxidation sites excluding steroid dienone is 6. The number of unbranched alkanes of at least 4 members (excludes halogenated alkanes) is 18. The second-order valence-electron chi connectivity index (χ2n) is 12.4. The smallest absolute Gasteiger partial charge is 0.306 e. The molecule has 0 fully saturated rings. The van der Waals surface area contributed by atoms with Crippen molar-refractivity contribution in [3.05, 3.63) is 36.5 Å². The molecule has 0 amide bonds. The van der Waals surface area contributed by atoms with Crippen LogP contribution in [0.5, 0.6) is 0 Å². The molecule has 0 aliphatic rings. The van der Waals surface area contributed by atoms with Crippen LogP contribution in [0.25, 0.3) is 0 Å². The lowest BCUT2D eigenvalue weighted by Crippen LogP contribution is -2.18. The molecule has 0 radical (unpaired) electrons. The summed E-state index contributed by atoms with van der Waals surface area (Å²) in [7, 11) is 0. The first-order chi connectivity index (χ1) is 21.1. The van der Waals surface area contributed by atoms with E-state index in [1.54, 1.807) is 0 Å². The predicted molar refractivity (Wildman–Crippen MR) is 186 cm³/mol. The zero-order chi connectivity index (χ0) is 31.5. The Morgan fingerprint density at radius 1 is 0.535 bits per heavy atom. The van der Waals surface area contributed by atoms with E-state index >= 15 is 0 Å². The summed E-state index contributed by atoms with van der Waals surface area (Å²) >= 11 is 0. The third-order valence-electron chi connectivity index (χ3n) is 8.13. The van der Waals surface area contributed by atoms with E-state index in [9.17, 15) is 9.59 Å². The molecule has 0 rings (SSSR count). The van der Waals surface area contributed by atoms with Crippen LogP contribution in [0, 0.1) is 0 Å². The molecule has 4 nitrogen and oxygen atoms in total. The van der Waals surface area contributed by atoms with E-state index in [4.69, 9.17) is 9.84 Å². The second kappa shape index (κ2) is 34.6. The molecule has 250 valence electrons. The predicted octanol–water partition coefficient (Wildman–Crippen LogP) is 12.6. The Balaban J connectivity index is 4.11. The van der Waals surface area contributed by atoms with Crippen molar-refractivity contribution in [2.24, 2.45) is 0 Å². The molecular weight excluding hydrogens is 532 g/mol. The Labute approximate surface area is 267 Å². The first-order valence-electron chi connectivity index (χ1n) is 18.5. The van der Waals surface area contributed by atoms with Crippen molar-refractivity contribution in [1.82, 2.24) is 0 Å². The standard InChI is InChI=1S/C39H70O4/c1-3-5-7-9-11-13-15-17-19-21-23-28-32-36-39(42)43-37(34-30-26-24-27-31-35-38(40)41)33-29-25-22-20-18-16-14-12-10-8-6-4-2/h5,7,11,13,17,19,37H,3-4,6,8-10,12,14-16,18,20-36H2,1-2H3,(H,40,41)/b7-5-,13-11-,19-17-. The van der Waals surface area contributed by atoms with Gasteiger partial charge in [-0.3, -0.25) is 9.59 Å². The quantitative estimate of drug-likeness (QED) is 0.0461. The van der Waals surface area contributed by atoms with Gasteiger partial charge in [0.25, 0.3) is 0 Å². The molecule has 0 saturated carbocycles. The Kier molecular flexibility index (Phi) is 33.2. The van der Waals surface area contributed by atoms with Crippen LogP contribution < -0.4 is 0 Å². The number of aliphatic carboxylic acids is 1. The van der Waals surface area contributed by atoms with Crippen LogP contribution in [-0.4, -0.2) is 23.1 Å². The van der Waals surface area contributed by atoms with Crippen LogP contribution in [0.4, 0.5) is 0 Å². The van der Waals surface area contributed by atoms with Gasteiger partial charge < -0.3 is 9.84 Å². The van der Waals surface area contributed by atoms with Crippen molar-refractivity contribution in [2.75, 3.05) is 0 Å². The summed E-state index contributed by atoms with van der Waals surface area (Å²) in [5.41, 5.74) is 0. The van der Waals surface area contributed by atoms with Gasteiger partial charge in [0.2, 0.25) is 0 Å². The van der Waals surface area contributed by atoms with Gasteiger partial charge in [0.1, 0.15) is 6.10 Å². The molecule has 0 heterocycles. The number of carbonyl (C=O) groups excluding carboxylic acids is 1.